The number of dihydropyridines is 1. The van der Waals surface area contributed by atoms with Gasteiger partial charge in [0.1, 0.15) is 5.82 Å². The van der Waals surface area contributed by atoms with E-state index < -0.39 is 23.3 Å². The van der Waals surface area contributed by atoms with Gasteiger partial charge in [-0.15, -0.1) is 0 Å². The third-order valence-corrected chi connectivity index (χ3v) is 3.54. The Morgan fingerprint density at radius 1 is 1.19 bits per heavy atom. The first-order chi connectivity index (χ1) is 9.77. The zero-order valence-electron chi connectivity index (χ0n) is 11.5. The first-order valence-corrected chi connectivity index (χ1v) is 6.20. The van der Waals surface area contributed by atoms with Gasteiger partial charge in [0.25, 0.3) is 0 Å². The predicted octanol–water partition coefficient (Wildman–Crippen LogP) is 2.01. The van der Waals surface area contributed by atoms with Gasteiger partial charge in [0.2, 0.25) is 0 Å². The normalized spacial score (nSPS) is 21.6. The Morgan fingerprint density at radius 2 is 1.81 bits per heavy atom. The summed E-state index contributed by atoms with van der Waals surface area (Å²) in [4.78, 5) is 22.6. The fourth-order valence-electron chi connectivity index (χ4n) is 2.48. The number of benzene rings is 1. The Balaban J connectivity index is 2.66. The molecule has 1 unspecified atom stereocenters. The lowest BCUT2D eigenvalue weighted by Crippen LogP contribution is -2.46. The number of hydrogen-bond acceptors (Lipinski definition) is 3. The van der Waals surface area contributed by atoms with Gasteiger partial charge in [-0.25, -0.2) is 14.0 Å². The molecule has 0 aromatic heterocycles. The van der Waals surface area contributed by atoms with Crippen molar-refractivity contribution in [2.75, 3.05) is 0 Å². The number of carboxylic acids is 2. The topological polar surface area (TPSA) is 86.6 Å². The number of carbonyl (C=O) groups is 2. The van der Waals surface area contributed by atoms with Gasteiger partial charge in [0.05, 0.1) is 16.7 Å². The summed E-state index contributed by atoms with van der Waals surface area (Å²) >= 11 is 0. The Kier molecular flexibility index (Phi) is 3.55. The number of aliphatic carboxylic acids is 2. The molecule has 0 saturated carbocycles. The fraction of sp³-hybridized carbons (Fsp3) is 0.200. The molecule has 2 rings (SSSR count). The van der Waals surface area contributed by atoms with Crippen molar-refractivity contribution in [1.29, 1.82) is 0 Å². The molecule has 21 heavy (non-hydrogen) atoms. The van der Waals surface area contributed by atoms with E-state index in [4.69, 9.17) is 5.11 Å². The van der Waals surface area contributed by atoms with E-state index in [0.717, 1.165) is 6.08 Å². The van der Waals surface area contributed by atoms with E-state index in [1.807, 2.05) is 0 Å². The third kappa shape index (κ3) is 2.40. The molecule has 3 N–H and O–H groups in total. The molecule has 0 aliphatic carbocycles. The number of rotatable bonds is 3. The van der Waals surface area contributed by atoms with Crippen molar-refractivity contribution in [2.45, 2.75) is 19.4 Å². The van der Waals surface area contributed by atoms with Crippen LogP contribution in [0.5, 0.6) is 0 Å². The molecule has 0 spiro atoms. The quantitative estimate of drug-likeness (QED) is 0.793. The van der Waals surface area contributed by atoms with Gasteiger partial charge in [-0.1, -0.05) is 18.2 Å². The Bertz CT molecular complexity index is 693. The van der Waals surface area contributed by atoms with Gasteiger partial charge < -0.3 is 15.5 Å². The van der Waals surface area contributed by atoms with E-state index in [1.54, 1.807) is 6.07 Å². The van der Waals surface area contributed by atoms with Gasteiger partial charge in [-0.3, -0.25) is 0 Å². The summed E-state index contributed by atoms with van der Waals surface area (Å²) in [5, 5.41) is 21.3. The Labute approximate surface area is 120 Å². The second-order valence-electron chi connectivity index (χ2n) is 4.94. The van der Waals surface area contributed by atoms with Crippen LogP contribution < -0.4 is 5.32 Å². The van der Waals surface area contributed by atoms with E-state index >= 15 is 0 Å². The van der Waals surface area contributed by atoms with Crippen molar-refractivity contribution in [3.05, 3.63) is 58.6 Å². The average Bonchev–Trinajstić information content (AvgIpc) is 2.37. The molecule has 0 saturated heterocycles. The van der Waals surface area contributed by atoms with E-state index in [1.165, 1.54) is 32.0 Å². The van der Waals surface area contributed by atoms with Crippen LogP contribution in [0.15, 0.2) is 47.2 Å². The Morgan fingerprint density at radius 3 is 2.33 bits per heavy atom. The number of nitrogens with one attached hydrogen (secondary N) is 1. The highest BCUT2D eigenvalue weighted by Crippen LogP contribution is 2.36. The smallest absolute Gasteiger partial charge is 0.337 e. The third-order valence-electron chi connectivity index (χ3n) is 3.54. The number of allylic oxidation sites excluding steroid dienone is 1. The van der Waals surface area contributed by atoms with Gasteiger partial charge in [-0.2, -0.15) is 0 Å². The van der Waals surface area contributed by atoms with Crippen LogP contribution in [0.3, 0.4) is 0 Å². The largest absolute Gasteiger partial charge is 0.478 e. The lowest BCUT2D eigenvalue weighted by atomic mass is 9.80. The molecule has 0 bridgehead atoms. The van der Waals surface area contributed by atoms with Gasteiger partial charge in [-0.05, 0) is 26.0 Å². The molecule has 0 amide bonds. The molecule has 6 heteroatoms. The summed E-state index contributed by atoms with van der Waals surface area (Å²) < 4.78 is 14.0. The number of carboxylic acid groups (broad SMARTS) is 2. The molecular weight excluding hydrogens is 277 g/mol. The minimum atomic E-state index is -1.35. The second-order valence-corrected chi connectivity index (χ2v) is 4.94. The maximum absolute atomic E-state index is 14.0. The standard InChI is InChI=1S/C15H14FNO4/c1-8-9(13(18)19)7-11(14(20)21)15(2,17-8)10-5-3-4-6-12(10)16/h3-7,17H,1-2H3,(H,18,19)(H,20,21). The predicted molar refractivity (Wildman–Crippen MR) is 72.9 cm³/mol. The van der Waals surface area contributed by atoms with Crippen molar-refractivity contribution in [1.82, 2.24) is 5.32 Å². The number of halogens is 1. The van der Waals surface area contributed by atoms with Crippen LogP contribution in [-0.2, 0) is 15.1 Å². The van der Waals surface area contributed by atoms with Crippen LogP contribution in [0.4, 0.5) is 4.39 Å². The molecule has 110 valence electrons. The molecule has 1 aromatic rings. The van der Waals surface area contributed by atoms with Crippen molar-refractivity contribution >= 4 is 11.9 Å². The second kappa shape index (κ2) is 5.05. The SMILES string of the molecule is CC1=C(C(=O)O)C=C(C(=O)O)C(C)(c2ccccc2F)N1. The summed E-state index contributed by atoms with van der Waals surface area (Å²) in [6.07, 6.45) is 1.07. The molecule has 1 atom stereocenters. The molecular formula is C15H14FNO4. The van der Waals surface area contributed by atoms with Crippen molar-refractivity contribution < 1.29 is 24.2 Å². The zero-order valence-corrected chi connectivity index (χ0v) is 11.5. The van der Waals surface area contributed by atoms with Crippen LogP contribution in [0.2, 0.25) is 0 Å². The highest BCUT2D eigenvalue weighted by Gasteiger charge is 2.41. The maximum Gasteiger partial charge on any atom is 0.337 e. The van der Waals surface area contributed by atoms with Crippen LogP contribution in [0, 0.1) is 5.82 Å². The summed E-state index contributed by atoms with van der Waals surface area (Å²) in [7, 11) is 0. The lowest BCUT2D eigenvalue weighted by Gasteiger charge is -2.37. The summed E-state index contributed by atoms with van der Waals surface area (Å²) in [5.41, 5.74) is -1.31. The van der Waals surface area contributed by atoms with Crippen molar-refractivity contribution in [3.63, 3.8) is 0 Å². The minimum absolute atomic E-state index is 0.141. The average molecular weight is 291 g/mol. The summed E-state index contributed by atoms with van der Waals surface area (Å²) in [5.74, 6) is -3.11. The van der Waals surface area contributed by atoms with Crippen molar-refractivity contribution in [3.8, 4) is 0 Å². The summed E-state index contributed by atoms with van der Waals surface area (Å²) in [6, 6.07) is 5.79. The minimum Gasteiger partial charge on any atom is -0.478 e. The van der Waals surface area contributed by atoms with Gasteiger partial charge in [0.15, 0.2) is 0 Å². The molecule has 1 aromatic carbocycles. The summed E-state index contributed by atoms with van der Waals surface area (Å²) in [6.45, 7) is 3.02. The maximum atomic E-state index is 14.0. The van der Waals surface area contributed by atoms with Crippen LogP contribution >= 0.6 is 0 Å². The molecule has 1 heterocycles. The number of hydrogen-bond donors (Lipinski definition) is 3. The van der Waals surface area contributed by atoms with E-state index in [0.29, 0.717) is 0 Å². The van der Waals surface area contributed by atoms with E-state index in [-0.39, 0.29) is 22.4 Å². The monoisotopic (exact) mass is 291 g/mol. The molecule has 5 nitrogen and oxygen atoms in total. The van der Waals surface area contributed by atoms with Gasteiger partial charge >= 0.3 is 11.9 Å². The van der Waals surface area contributed by atoms with Crippen LogP contribution in [-0.4, -0.2) is 22.2 Å². The van der Waals surface area contributed by atoms with Crippen LogP contribution in [0.25, 0.3) is 0 Å². The first-order valence-electron chi connectivity index (χ1n) is 6.20. The highest BCUT2D eigenvalue weighted by molar-refractivity contribution is 5.97. The molecule has 0 radical (unpaired) electrons. The molecule has 1 aliphatic heterocycles. The fourth-order valence-corrected chi connectivity index (χ4v) is 2.48. The highest BCUT2D eigenvalue weighted by atomic mass is 19.1. The Hall–Kier alpha value is -2.63. The lowest BCUT2D eigenvalue weighted by molar-refractivity contribution is -0.133. The molecule has 1 aliphatic rings. The van der Waals surface area contributed by atoms with Crippen molar-refractivity contribution in [2.24, 2.45) is 0 Å². The zero-order chi connectivity index (χ0) is 15.8. The first kappa shape index (κ1) is 14.8. The molecule has 0 fully saturated rings. The van der Waals surface area contributed by atoms with Gasteiger partial charge in [0, 0.05) is 11.3 Å². The van der Waals surface area contributed by atoms with Crippen LogP contribution in [0.1, 0.15) is 19.4 Å². The van der Waals surface area contributed by atoms with E-state index in [2.05, 4.69) is 5.32 Å². The van der Waals surface area contributed by atoms with E-state index in [9.17, 15) is 19.1 Å².